The molecular weight excluding hydrogens is 470 g/mol. The molecule has 0 spiro atoms. The van der Waals surface area contributed by atoms with E-state index < -0.39 is 0 Å². The lowest BCUT2D eigenvalue weighted by Gasteiger charge is -2.10. The number of amides is 1. The summed E-state index contributed by atoms with van der Waals surface area (Å²) in [7, 11) is 0. The maximum absolute atomic E-state index is 12.5. The van der Waals surface area contributed by atoms with Crippen molar-refractivity contribution < 1.29 is 9.53 Å². The average Bonchev–Trinajstić information content (AvgIpc) is 3.16. The maximum Gasteiger partial charge on any atom is 0.230 e. The first-order valence-corrected chi connectivity index (χ1v) is 12.3. The zero-order valence-corrected chi connectivity index (χ0v) is 21.1. The molecule has 2 aromatic carbocycles. The van der Waals surface area contributed by atoms with Gasteiger partial charge < -0.3 is 10.1 Å². The molecule has 0 aliphatic heterocycles. The topological polar surface area (TPSA) is 81.9 Å². The Bertz CT molecular complexity index is 1300. The van der Waals surface area contributed by atoms with Crippen molar-refractivity contribution in [1.82, 2.24) is 25.3 Å². The lowest BCUT2D eigenvalue weighted by Crippen LogP contribution is -2.24. The van der Waals surface area contributed by atoms with E-state index in [4.69, 9.17) is 21.4 Å². The van der Waals surface area contributed by atoms with Crippen molar-refractivity contribution in [3.63, 3.8) is 0 Å². The number of rotatable bonds is 8. The summed E-state index contributed by atoms with van der Waals surface area (Å²) in [6.07, 6.45) is 0.125. The Labute approximate surface area is 207 Å². The minimum absolute atomic E-state index is 0.0862. The molecule has 2 heterocycles. The number of benzene rings is 2. The van der Waals surface area contributed by atoms with Crippen molar-refractivity contribution >= 4 is 40.2 Å². The summed E-state index contributed by atoms with van der Waals surface area (Å²) in [5.74, 6) is 0.946. The van der Waals surface area contributed by atoms with Gasteiger partial charge in [0.05, 0.1) is 28.9 Å². The van der Waals surface area contributed by atoms with Crippen molar-refractivity contribution in [3.8, 4) is 11.4 Å². The van der Waals surface area contributed by atoms with E-state index in [1.165, 1.54) is 11.8 Å². The van der Waals surface area contributed by atoms with Gasteiger partial charge in [0.1, 0.15) is 16.3 Å². The molecule has 0 radical (unpaired) electrons. The molecule has 0 saturated heterocycles. The molecule has 1 amide bonds. The molecule has 0 bridgehead atoms. The molecule has 0 atom stereocenters. The number of carbonyl (C=O) groups excluding carboxylic acids is 1. The SMILES string of the molecule is Cc1nnc(SCC(=O)NCc2ccc(OC(C)C)cc2)c2nn(-c3ccc(Cl)cc3)c(C)c12. The monoisotopic (exact) mass is 495 g/mol. The third-order valence-corrected chi connectivity index (χ3v) is 6.37. The Morgan fingerprint density at radius 1 is 1.09 bits per heavy atom. The minimum Gasteiger partial charge on any atom is -0.491 e. The zero-order valence-electron chi connectivity index (χ0n) is 19.5. The van der Waals surface area contributed by atoms with E-state index in [1.807, 2.05) is 80.9 Å². The Morgan fingerprint density at radius 3 is 2.47 bits per heavy atom. The van der Waals surface area contributed by atoms with Crippen LogP contribution in [-0.2, 0) is 11.3 Å². The van der Waals surface area contributed by atoms with Gasteiger partial charge in [-0.15, -0.1) is 5.10 Å². The predicted molar refractivity (Wildman–Crippen MR) is 136 cm³/mol. The third kappa shape index (κ3) is 5.51. The summed E-state index contributed by atoms with van der Waals surface area (Å²) in [6.45, 7) is 8.33. The summed E-state index contributed by atoms with van der Waals surface area (Å²) in [5.41, 5.74) is 4.39. The predicted octanol–water partition coefficient (Wildman–Crippen LogP) is 5.28. The van der Waals surface area contributed by atoms with Gasteiger partial charge in [0.15, 0.2) is 0 Å². The molecule has 0 aliphatic carbocycles. The Balaban J connectivity index is 1.44. The highest BCUT2D eigenvalue weighted by Gasteiger charge is 2.18. The fraction of sp³-hybridized carbons (Fsp3) is 0.280. The van der Waals surface area contributed by atoms with Crippen LogP contribution >= 0.6 is 23.4 Å². The fourth-order valence-corrected chi connectivity index (χ4v) is 4.45. The van der Waals surface area contributed by atoms with Crippen molar-refractivity contribution in [3.05, 3.63) is 70.5 Å². The summed E-state index contributed by atoms with van der Waals surface area (Å²) in [6, 6.07) is 15.2. The minimum atomic E-state index is -0.0862. The third-order valence-electron chi connectivity index (χ3n) is 5.17. The second kappa shape index (κ2) is 10.4. The zero-order chi connectivity index (χ0) is 24.2. The van der Waals surface area contributed by atoms with E-state index in [0.717, 1.165) is 39.3 Å². The molecule has 7 nitrogen and oxygen atoms in total. The van der Waals surface area contributed by atoms with Crippen molar-refractivity contribution in [2.45, 2.75) is 45.4 Å². The molecule has 0 fully saturated rings. The van der Waals surface area contributed by atoms with E-state index >= 15 is 0 Å². The first kappa shape index (κ1) is 24.0. The number of carbonyl (C=O) groups is 1. The summed E-state index contributed by atoms with van der Waals surface area (Å²) in [5, 5.41) is 18.6. The lowest BCUT2D eigenvalue weighted by atomic mass is 10.2. The molecule has 0 saturated carbocycles. The molecule has 4 aromatic rings. The van der Waals surface area contributed by atoms with Crippen LogP contribution in [0, 0.1) is 13.8 Å². The van der Waals surface area contributed by atoms with E-state index in [0.29, 0.717) is 16.6 Å². The Kier molecular flexibility index (Phi) is 7.38. The number of hydrogen-bond donors (Lipinski definition) is 1. The van der Waals surface area contributed by atoms with Crippen molar-refractivity contribution in [2.24, 2.45) is 0 Å². The highest BCUT2D eigenvalue weighted by Crippen LogP contribution is 2.30. The van der Waals surface area contributed by atoms with E-state index in [-0.39, 0.29) is 17.8 Å². The van der Waals surface area contributed by atoms with Gasteiger partial charge in [-0.3, -0.25) is 4.79 Å². The van der Waals surface area contributed by atoms with E-state index in [2.05, 4.69) is 15.5 Å². The van der Waals surface area contributed by atoms with Crippen molar-refractivity contribution in [1.29, 1.82) is 0 Å². The molecule has 176 valence electrons. The van der Waals surface area contributed by atoms with Crippen LogP contribution in [0.2, 0.25) is 5.02 Å². The second-order valence-corrected chi connectivity index (χ2v) is 9.56. The maximum atomic E-state index is 12.5. The number of nitrogens with zero attached hydrogens (tertiary/aromatic N) is 4. The van der Waals surface area contributed by atoms with Crippen LogP contribution in [0.1, 0.15) is 30.8 Å². The highest BCUT2D eigenvalue weighted by atomic mass is 35.5. The number of ether oxygens (including phenoxy) is 1. The molecule has 0 unspecified atom stereocenters. The van der Waals surface area contributed by atoms with Gasteiger partial charge in [-0.05, 0) is 69.7 Å². The number of nitrogens with one attached hydrogen (secondary N) is 1. The van der Waals surface area contributed by atoms with E-state index in [1.54, 1.807) is 0 Å². The van der Waals surface area contributed by atoms with Crippen LogP contribution in [0.3, 0.4) is 0 Å². The standard InChI is InChI=1S/C25H26ClN5O2S/c1-15(2)33-21-11-5-18(6-12-21)13-27-22(32)14-34-25-24-23(16(3)28-29-25)17(4)31(30-24)20-9-7-19(26)8-10-20/h5-12,15H,13-14H2,1-4H3,(H,27,32). The van der Waals surface area contributed by atoms with Crippen LogP contribution < -0.4 is 10.1 Å². The number of aryl methyl sites for hydroxylation is 2. The summed E-state index contributed by atoms with van der Waals surface area (Å²) < 4.78 is 7.51. The molecule has 4 rings (SSSR count). The average molecular weight is 496 g/mol. The molecule has 34 heavy (non-hydrogen) atoms. The van der Waals surface area contributed by atoms with Gasteiger partial charge in [-0.2, -0.15) is 10.2 Å². The van der Waals surface area contributed by atoms with Crippen LogP contribution in [0.25, 0.3) is 16.6 Å². The van der Waals surface area contributed by atoms with Gasteiger partial charge in [0.25, 0.3) is 0 Å². The van der Waals surface area contributed by atoms with Crippen LogP contribution in [-0.4, -0.2) is 37.7 Å². The van der Waals surface area contributed by atoms with Gasteiger partial charge in [0, 0.05) is 17.0 Å². The fourth-order valence-electron chi connectivity index (χ4n) is 3.58. The molecule has 2 aromatic heterocycles. The second-order valence-electron chi connectivity index (χ2n) is 8.16. The first-order valence-electron chi connectivity index (χ1n) is 11.0. The lowest BCUT2D eigenvalue weighted by molar-refractivity contribution is -0.118. The summed E-state index contributed by atoms with van der Waals surface area (Å²) >= 11 is 7.36. The van der Waals surface area contributed by atoms with Gasteiger partial charge >= 0.3 is 0 Å². The normalized spacial score (nSPS) is 11.2. The van der Waals surface area contributed by atoms with Crippen LogP contribution in [0.5, 0.6) is 5.75 Å². The first-order chi connectivity index (χ1) is 16.3. The number of aromatic nitrogens is 4. The van der Waals surface area contributed by atoms with E-state index in [9.17, 15) is 4.79 Å². The summed E-state index contributed by atoms with van der Waals surface area (Å²) in [4.78, 5) is 12.5. The number of halogens is 1. The smallest absolute Gasteiger partial charge is 0.230 e. The van der Waals surface area contributed by atoms with Crippen LogP contribution in [0.4, 0.5) is 0 Å². The molecule has 9 heteroatoms. The van der Waals surface area contributed by atoms with Gasteiger partial charge in [-0.25, -0.2) is 4.68 Å². The van der Waals surface area contributed by atoms with Gasteiger partial charge in [0.2, 0.25) is 5.91 Å². The molecule has 1 N–H and O–H groups in total. The van der Waals surface area contributed by atoms with Gasteiger partial charge in [-0.1, -0.05) is 35.5 Å². The number of hydrogen-bond acceptors (Lipinski definition) is 6. The van der Waals surface area contributed by atoms with Crippen LogP contribution in [0.15, 0.2) is 53.6 Å². The molecule has 0 aliphatic rings. The quantitative estimate of drug-likeness (QED) is 0.335. The van der Waals surface area contributed by atoms with Crippen molar-refractivity contribution in [2.75, 3.05) is 5.75 Å². The highest BCUT2D eigenvalue weighted by molar-refractivity contribution is 8.00. The Hall–Kier alpha value is -3.10. The number of fused-ring (bicyclic) bond motifs is 1. The Morgan fingerprint density at radius 2 is 1.79 bits per heavy atom. The molecular formula is C25H26ClN5O2S. The largest absolute Gasteiger partial charge is 0.491 e. The number of thioether (sulfide) groups is 1.